The minimum absolute atomic E-state index is 0.141. The SMILES string of the molecule is N=C(N=C(N=Cc1c2ccccc2cc2c1ccc1ccccc12)c1ccc(-c2ccc3oc4ccccc4c3c2)cc1)c1ccc(-c2ccccc2)cc1. The van der Waals surface area contributed by atoms with E-state index >= 15 is 0 Å². The molecule has 258 valence electrons. The van der Waals surface area contributed by atoms with Crippen molar-refractivity contribution in [2.24, 2.45) is 9.98 Å². The molecule has 55 heavy (non-hydrogen) atoms. The van der Waals surface area contributed by atoms with E-state index in [1.807, 2.05) is 85.1 Å². The second-order valence-electron chi connectivity index (χ2n) is 13.8. The van der Waals surface area contributed by atoms with Crippen molar-refractivity contribution >= 4 is 72.1 Å². The van der Waals surface area contributed by atoms with Gasteiger partial charge in [0.25, 0.3) is 0 Å². The molecule has 1 heterocycles. The lowest BCUT2D eigenvalue weighted by molar-refractivity contribution is 0.669. The van der Waals surface area contributed by atoms with Crippen molar-refractivity contribution in [3.05, 3.63) is 205 Å². The largest absolute Gasteiger partial charge is 0.456 e. The highest BCUT2D eigenvalue weighted by molar-refractivity contribution is 6.22. The monoisotopic (exact) mass is 703 g/mol. The van der Waals surface area contributed by atoms with E-state index in [1.54, 1.807) is 0 Å². The summed E-state index contributed by atoms with van der Waals surface area (Å²) in [6.07, 6.45) is 1.93. The van der Waals surface area contributed by atoms with E-state index in [1.165, 1.54) is 16.2 Å². The molecule has 1 aromatic heterocycles. The van der Waals surface area contributed by atoms with E-state index in [-0.39, 0.29) is 5.84 Å². The molecule has 0 fully saturated rings. The summed E-state index contributed by atoms with van der Waals surface area (Å²) in [5.74, 6) is 0.601. The van der Waals surface area contributed by atoms with Gasteiger partial charge < -0.3 is 4.42 Å². The number of nitrogens with one attached hydrogen (secondary N) is 1. The van der Waals surface area contributed by atoms with E-state index in [4.69, 9.17) is 19.8 Å². The van der Waals surface area contributed by atoms with Crippen molar-refractivity contribution in [3.8, 4) is 22.3 Å². The third-order valence-electron chi connectivity index (χ3n) is 10.5. The Balaban J connectivity index is 1.08. The minimum Gasteiger partial charge on any atom is -0.456 e. The molecule has 0 spiro atoms. The van der Waals surface area contributed by atoms with Crippen LogP contribution in [0.4, 0.5) is 0 Å². The van der Waals surface area contributed by atoms with E-state index in [9.17, 15) is 0 Å². The zero-order chi connectivity index (χ0) is 36.7. The highest BCUT2D eigenvalue weighted by atomic mass is 16.3. The van der Waals surface area contributed by atoms with Crippen LogP contribution >= 0.6 is 0 Å². The van der Waals surface area contributed by atoms with Gasteiger partial charge in [-0.25, -0.2) is 9.98 Å². The van der Waals surface area contributed by atoms with Crippen LogP contribution in [0, 0.1) is 5.41 Å². The third-order valence-corrected chi connectivity index (χ3v) is 10.5. The van der Waals surface area contributed by atoms with E-state index < -0.39 is 0 Å². The lowest BCUT2D eigenvalue weighted by Gasteiger charge is -2.11. The zero-order valence-corrected chi connectivity index (χ0v) is 29.8. The molecule has 0 aliphatic heterocycles. The number of amidine groups is 2. The molecule has 0 saturated heterocycles. The molecule has 0 bridgehead atoms. The van der Waals surface area contributed by atoms with Crippen molar-refractivity contribution in [3.63, 3.8) is 0 Å². The number of hydrogen-bond acceptors (Lipinski definition) is 2. The van der Waals surface area contributed by atoms with Crippen molar-refractivity contribution < 1.29 is 4.42 Å². The molecule has 0 aliphatic rings. The van der Waals surface area contributed by atoms with Gasteiger partial charge in [0.1, 0.15) is 11.2 Å². The van der Waals surface area contributed by atoms with Crippen molar-refractivity contribution in [2.75, 3.05) is 0 Å². The van der Waals surface area contributed by atoms with Crippen molar-refractivity contribution in [2.45, 2.75) is 0 Å². The average Bonchev–Trinajstić information content (AvgIpc) is 3.63. The standard InChI is InChI=1S/C51H33N3O/c52-50(37-22-18-34(19-23-37)33-10-2-1-3-11-33)54-51(38-24-20-35(21-25-38)39-27-29-49-46(30-39)44-16-8-9-17-48(44)55-49)53-32-47-42-15-7-5-13-40(42)31-45-41-14-6-4-12-36(41)26-28-43(45)47/h1-32,52H. The van der Waals surface area contributed by atoms with E-state index in [0.717, 1.165) is 71.5 Å². The first kappa shape index (κ1) is 32.2. The van der Waals surface area contributed by atoms with Gasteiger partial charge in [0, 0.05) is 33.7 Å². The molecule has 0 amide bonds. The Labute approximate surface area is 317 Å². The Morgan fingerprint density at radius 2 is 1.02 bits per heavy atom. The summed E-state index contributed by atoms with van der Waals surface area (Å²) in [6, 6.07) is 64.6. The molecule has 0 saturated carbocycles. The van der Waals surface area contributed by atoms with Gasteiger partial charge in [0.05, 0.1) is 0 Å². The van der Waals surface area contributed by atoms with Crippen molar-refractivity contribution in [1.29, 1.82) is 5.41 Å². The number of hydrogen-bond donors (Lipinski definition) is 1. The van der Waals surface area contributed by atoms with Gasteiger partial charge in [-0.2, -0.15) is 0 Å². The Morgan fingerprint density at radius 1 is 0.418 bits per heavy atom. The normalized spacial score (nSPS) is 12.1. The van der Waals surface area contributed by atoms with Crippen molar-refractivity contribution in [1.82, 2.24) is 0 Å². The van der Waals surface area contributed by atoms with Gasteiger partial charge >= 0.3 is 0 Å². The number of para-hydroxylation sites is 1. The predicted octanol–water partition coefficient (Wildman–Crippen LogP) is 13.3. The maximum atomic E-state index is 9.15. The molecular weight excluding hydrogens is 671 g/mol. The summed E-state index contributed by atoms with van der Waals surface area (Å²) >= 11 is 0. The molecule has 9 aromatic carbocycles. The number of furan rings is 1. The van der Waals surface area contributed by atoms with Crippen LogP contribution in [0.3, 0.4) is 0 Å². The smallest absolute Gasteiger partial charge is 0.161 e. The van der Waals surface area contributed by atoms with Crippen LogP contribution in [0.25, 0.3) is 76.5 Å². The van der Waals surface area contributed by atoms with Crippen LogP contribution in [0.15, 0.2) is 202 Å². The van der Waals surface area contributed by atoms with Crippen LogP contribution in [0.1, 0.15) is 16.7 Å². The number of fused-ring (bicyclic) bond motifs is 7. The summed E-state index contributed by atoms with van der Waals surface area (Å²) in [7, 11) is 0. The summed E-state index contributed by atoms with van der Waals surface area (Å²) in [4.78, 5) is 10.0. The van der Waals surface area contributed by atoms with Crippen LogP contribution in [-0.4, -0.2) is 17.9 Å². The molecule has 4 heteroatoms. The Morgan fingerprint density at radius 3 is 1.82 bits per heavy atom. The van der Waals surface area contributed by atoms with E-state index in [2.05, 4.69) is 109 Å². The third kappa shape index (κ3) is 5.96. The van der Waals surface area contributed by atoms with Gasteiger partial charge in [0.15, 0.2) is 11.7 Å². The quantitative estimate of drug-likeness (QED) is 0.0825. The fourth-order valence-electron chi connectivity index (χ4n) is 7.63. The summed E-state index contributed by atoms with van der Waals surface area (Å²) in [6.45, 7) is 0. The van der Waals surface area contributed by atoms with Gasteiger partial charge in [-0.15, -0.1) is 0 Å². The summed E-state index contributed by atoms with van der Waals surface area (Å²) in [5.41, 5.74) is 8.68. The first-order valence-electron chi connectivity index (χ1n) is 18.4. The van der Waals surface area contributed by atoms with Gasteiger partial charge in [-0.1, -0.05) is 164 Å². The second kappa shape index (κ2) is 13.5. The first-order chi connectivity index (χ1) is 27.2. The number of rotatable bonds is 5. The average molecular weight is 704 g/mol. The lowest BCUT2D eigenvalue weighted by Crippen LogP contribution is -2.05. The van der Waals surface area contributed by atoms with E-state index in [0.29, 0.717) is 11.4 Å². The topological polar surface area (TPSA) is 61.7 Å². The van der Waals surface area contributed by atoms with Crippen LogP contribution in [0.2, 0.25) is 0 Å². The molecule has 0 unspecified atom stereocenters. The predicted molar refractivity (Wildman–Crippen MR) is 231 cm³/mol. The molecule has 0 radical (unpaired) electrons. The maximum Gasteiger partial charge on any atom is 0.161 e. The van der Waals surface area contributed by atoms with Crippen LogP contribution in [-0.2, 0) is 0 Å². The molecular formula is C51H33N3O. The van der Waals surface area contributed by atoms with Gasteiger partial charge in [0.2, 0.25) is 0 Å². The Kier molecular flexibility index (Phi) is 7.93. The number of nitrogens with zero attached hydrogens (tertiary/aromatic N) is 2. The molecule has 10 aromatic rings. The van der Waals surface area contributed by atoms with Gasteiger partial charge in [-0.05, 0) is 78.8 Å². The minimum atomic E-state index is 0.141. The van der Waals surface area contributed by atoms with Crippen LogP contribution in [0.5, 0.6) is 0 Å². The highest BCUT2D eigenvalue weighted by Crippen LogP contribution is 2.34. The maximum absolute atomic E-state index is 9.15. The molecule has 10 rings (SSSR count). The summed E-state index contributed by atoms with van der Waals surface area (Å²) in [5, 5.41) is 18.3. The van der Waals surface area contributed by atoms with Gasteiger partial charge in [-0.3, -0.25) is 5.41 Å². The molecule has 1 N–H and O–H groups in total. The van der Waals surface area contributed by atoms with Crippen LogP contribution < -0.4 is 0 Å². The Hall–Kier alpha value is -7.43. The second-order valence-corrected chi connectivity index (χ2v) is 13.8. The highest BCUT2D eigenvalue weighted by Gasteiger charge is 2.13. The fourth-order valence-corrected chi connectivity index (χ4v) is 7.63. The zero-order valence-electron chi connectivity index (χ0n) is 29.8. The molecule has 0 aliphatic carbocycles. The fraction of sp³-hybridized carbons (Fsp3) is 0. The Bertz CT molecular complexity index is 3140. The first-order valence-corrected chi connectivity index (χ1v) is 18.4. The lowest BCUT2D eigenvalue weighted by atomic mass is 9.94. The molecule has 4 nitrogen and oxygen atoms in total. The summed E-state index contributed by atoms with van der Waals surface area (Å²) < 4.78 is 6.08. The number of benzene rings is 9. The molecule has 0 atom stereocenters. The number of aliphatic imine (C=N–C) groups is 2.